The molecule has 1 aromatic carbocycles. The fourth-order valence-corrected chi connectivity index (χ4v) is 1.65. The maximum absolute atomic E-state index is 11.2. The third kappa shape index (κ3) is 3.29. The quantitative estimate of drug-likeness (QED) is 0.817. The Morgan fingerprint density at radius 3 is 2.27 bits per heavy atom. The van der Waals surface area contributed by atoms with Crippen LogP contribution in [-0.2, 0) is 10.0 Å². The number of sulfonamides is 1. The molecule has 0 heterocycles. The number of benzene rings is 1. The summed E-state index contributed by atoms with van der Waals surface area (Å²) in [5, 5.41) is 16.8. The Morgan fingerprint density at radius 1 is 1.20 bits per heavy atom. The first-order valence-electron chi connectivity index (χ1n) is 3.95. The number of nitriles is 2. The van der Waals surface area contributed by atoms with E-state index in [2.05, 4.69) is 4.72 Å². The summed E-state index contributed by atoms with van der Waals surface area (Å²) in [6.07, 6.45) is 0. The van der Waals surface area contributed by atoms with Crippen molar-refractivity contribution in [2.24, 2.45) is 0 Å². The van der Waals surface area contributed by atoms with Crippen molar-refractivity contribution in [3.8, 4) is 12.1 Å². The van der Waals surface area contributed by atoms with Crippen LogP contribution in [0.2, 0.25) is 0 Å². The van der Waals surface area contributed by atoms with Crippen LogP contribution in [0.15, 0.2) is 24.3 Å². The van der Waals surface area contributed by atoms with E-state index < -0.39 is 15.8 Å². The van der Waals surface area contributed by atoms with Gasteiger partial charge in [-0.05, 0) is 24.3 Å². The van der Waals surface area contributed by atoms with Crippen molar-refractivity contribution < 1.29 is 8.42 Å². The van der Waals surface area contributed by atoms with Gasteiger partial charge in [-0.15, -0.1) is 0 Å². The molecule has 15 heavy (non-hydrogen) atoms. The summed E-state index contributed by atoms with van der Waals surface area (Å²) in [7, 11) is -3.60. The van der Waals surface area contributed by atoms with Gasteiger partial charge in [-0.1, -0.05) is 0 Å². The van der Waals surface area contributed by atoms with Crippen LogP contribution in [-0.4, -0.2) is 14.2 Å². The molecule has 0 aliphatic heterocycles. The van der Waals surface area contributed by atoms with Crippen LogP contribution in [0.25, 0.3) is 0 Å². The Balaban J connectivity index is 2.84. The summed E-state index contributed by atoms with van der Waals surface area (Å²) >= 11 is 0. The third-order valence-corrected chi connectivity index (χ3v) is 2.60. The molecule has 0 aliphatic carbocycles. The lowest BCUT2D eigenvalue weighted by Gasteiger charge is -2.03. The molecule has 0 spiro atoms. The van der Waals surface area contributed by atoms with Crippen LogP contribution >= 0.6 is 0 Å². The Bertz CT molecular complexity index is 520. The minimum atomic E-state index is -3.60. The highest BCUT2D eigenvalue weighted by Gasteiger charge is 2.08. The van der Waals surface area contributed by atoms with Crippen molar-refractivity contribution in [3.63, 3.8) is 0 Å². The van der Waals surface area contributed by atoms with Gasteiger partial charge >= 0.3 is 0 Å². The maximum atomic E-state index is 11.2. The number of anilines is 1. The number of hydrogen-bond acceptors (Lipinski definition) is 4. The normalized spacial score (nSPS) is 10.0. The number of rotatable bonds is 3. The van der Waals surface area contributed by atoms with E-state index in [0.29, 0.717) is 11.3 Å². The summed E-state index contributed by atoms with van der Waals surface area (Å²) in [5.41, 5.74) is 0.780. The highest BCUT2D eigenvalue weighted by molar-refractivity contribution is 7.92. The van der Waals surface area contributed by atoms with Crippen LogP contribution in [0.5, 0.6) is 0 Å². The lowest BCUT2D eigenvalue weighted by molar-refractivity contribution is 0.604. The van der Waals surface area contributed by atoms with E-state index in [0.717, 1.165) is 0 Å². The van der Waals surface area contributed by atoms with Gasteiger partial charge in [0.15, 0.2) is 5.75 Å². The van der Waals surface area contributed by atoms with Crippen LogP contribution in [0.3, 0.4) is 0 Å². The summed E-state index contributed by atoms with van der Waals surface area (Å²) in [6.45, 7) is 0. The third-order valence-electron chi connectivity index (χ3n) is 1.54. The van der Waals surface area contributed by atoms with Crippen LogP contribution in [0, 0.1) is 22.7 Å². The fourth-order valence-electron chi connectivity index (χ4n) is 0.913. The zero-order valence-electron chi connectivity index (χ0n) is 7.64. The first-order chi connectivity index (χ1) is 7.07. The molecule has 0 atom stereocenters. The summed E-state index contributed by atoms with van der Waals surface area (Å²) in [4.78, 5) is 0. The predicted molar refractivity (Wildman–Crippen MR) is 54.2 cm³/mol. The van der Waals surface area contributed by atoms with Crippen molar-refractivity contribution in [3.05, 3.63) is 29.8 Å². The Hall–Kier alpha value is -2.05. The van der Waals surface area contributed by atoms with Crippen molar-refractivity contribution >= 4 is 15.7 Å². The molecule has 5 nitrogen and oxygen atoms in total. The number of nitrogens with one attached hydrogen (secondary N) is 1. The molecule has 0 aliphatic rings. The van der Waals surface area contributed by atoms with Crippen LogP contribution < -0.4 is 4.72 Å². The first-order valence-corrected chi connectivity index (χ1v) is 5.60. The van der Waals surface area contributed by atoms with Gasteiger partial charge < -0.3 is 0 Å². The van der Waals surface area contributed by atoms with Crippen molar-refractivity contribution in [1.29, 1.82) is 10.5 Å². The number of nitrogens with zero attached hydrogens (tertiary/aromatic N) is 2. The number of hydrogen-bond donors (Lipinski definition) is 1. The SMILES string of the molecule is N#CCS(=O)(=O)Nc1ccc(C#N)cc1. The minimum Gasteiger partial charge on any atom is -0.283 e. The second kappa shape index (κ2) is 4.45. The highest BCUT2D eigenvalue weighted by Crippen LogP contribution is 2.10. The second-order valence-corrected chi connectivity index (χ2v) is 4.43. The van der Waals surface area contributed by atoms with E-state index in [-0.39, 0.29) is 0 Å². The molecule has 0 bridgehead atoms. The van der Waals surface area contributed by atoms with Gasteiger partial charge in [0, 0.05) is 5.69 Å². The lowest BCUT2D eigenvalue weighted by Crippen LogP contribution is -2.15. The van der Waals surface area contributed by atoms with Gasteiger partial charge in [-0.25, -0.2) is 8.42 Å². The van der Waals surface area contributed by atoms with E-state index in [4.69, 9.17) is 10.5 Å². The average Bonchev–Trinajstić information content (AvgIpc) is 2.18. The summed E-state index contributed by atoms with van der Waals surface area (Å²) in [6, 6.07) is 9.37. The second-order valence-electron chi connectivity index (χ2n) is 2.71. The predicted octanol–water partition coefficient (Wildman–Crippen LogP) is 0.824. The Morgan fingerprint density at radius 2 is 1.80 bits per heavy atom. The molecule has 1 N–H and O–H groups in total. The zero-order chi connectivity index (χ0) is 11.3. The fraction of sp³-hybridized carbons (Fsp3) is 0.111. The molecule has 0 aromatic heterocycles. The summed E-state index contributed by atoms with van der Waals surface area (Å²) in [5.74, 6) is -0.590. The molecule has 0 saturated carbocycles. The molecule has 76 valence electrons. The van der Waals surface area contributed by atoms with E-state index in [1.807, 2.05) is 6.07 Å². The van der Waals surface area contributed by atoms with E-state index in [1.165, 1.54) is 24.3 Å². The summed E-state index contributed by atoms with van der Waals surface area (Å²) < 4.78 is 24.5. The van der Waals surface area contributed by atoms with Crippen LogP contribution in [0.4, 0.5) is 5.69 Å². The lowest BCUT2D eigenvalue weighted by atomic mass is 10.2. The standard InChI is InChI=1S/C9H7N3O2S/c10-5-6-15(13,14)12-9-3-1-8(7-11)2-4-9/h1-4,12H,6H2. The maximum Gasteiger partial charge on any atom is 0.246 e. The molecule has 0 unspecified atom stereocenters. The van der Waals surface area contributed by atoms with Gasteiger partial charge in [0.05, 0.1) is 17.7 Å². The van der Waals surface area contributed by atoms with E-state index in [9.17, 15) is 8.42 Å². The Kier molecular flexibility index (Phi) is 3.27. The topological polar surface area (TPSA) is 93.8 Å². The van der Waals surface area contributed by atoms with Gasteiger partial charge in [0.2, 0.25) is 10.0 Å². The molecule has 6 heteroatoms. The zero-order valence-corrected chi connectivity index (χ0v) is 8.45. The minimum absolute atomic E-state index is 0.337. The van der Waals surface area contributed by atoms with E-state index >= 15 is 0 Å². The molecule has 0 amide bonds. The average molecular weight is 221 g/mol. The van der Waals surface area contributed by atoms with Crippen LogP contribution in [0.1, 0.15) is 5.56 Å². The highest BCUT2D eigenvalue weighted by atomic mass is 32.2. The molecule has 1 aromatic rings. The molecule has 0 fully saturated rings. The molecule has 0 radical (unpaired) electrons. The monoisotopic (exact) mass is 221 g/mol. The molecule has 0 saturated heterocycles. The molecular formula is C9H7N3O2S. The van der Waals surface area contributed by atoms with Gasteiger partial charge in [0.25, 0.3) is 0 Å². The van der Waals surface area contributed by atoms with Gasteiger partial charge in [-0.2, -0.15) is 10.5 Å². The smallest absolute Gasteiger partial charge is 0.246 e. The van der Waals surface area contributed by atoms with E-state index in [1.54, 1.807) is 6.07 Å². The Labute approximate surface area is 87.6 Å². The first kappa shape index (κ1) is 11.0. The molecular weight excluding hydrogens is 214 g/mol. The molecule has 1 rings (SSSR count). The van der Waals surface area contributed by atoms with Gasteiger partial charge in [0.1, 0.15) is 0 Å². The van der Waals surface area contributed by atoms with Crippen molar-refractivity contribution in [1.82, 2.24) is 0 Å². The van der Waals surface area contributed by atoms with Crippen molar-refractivity contribution in [2.75, 3.05) is 10.5 Å². The van der Waals surface area contributed by atoms with Crippen molar-refractivity contribution in [2.45, 2.75) is 0 Å². The van der Waals surface area contributed by atoms with Gasteiger partial charge in [-0.3, -0.25) is 4.72 Å². The largest absolute Gasteiger partial charge is 0.283 e.